The van der Waals surface area contributed by atoms with Crippen LogP contribution in [0.2, 0.25) is 5.02 Å². The number of anilines is 1. The average Bonchev–Trinajstić information content (AvgIpc) is 2.92. The lowest BCUT2D eigenvalue weighted by Gasteiger charge is -2.37. The zero-order valence-corrected chi connectivity index (χ0v) is 15.5. The third-order valence-electron chi connectivity index (χ3n) is 5.05. The Morgan fingerprint density at radius 3 is 2.54 bits per heavy atom. The molecule has 2 aliphatic heterocycles. The van der Waals surface area contributed by atoms with Crippen LogP contribution in [0.4, 0.5) is 5.69 Å². The lowest BCUT2D eigenvalue weighted by molar-refractivity contribution is -0.120. The highest BCUT2D eigenvalue weighted by atomic mass is 35.5. The Morgan fingerprint density at radius 1 is 1.08 bits per heavy atom. The number of fused-ring (bicyclic) bond motifs is 4. The molecule has 2 aromatic rings. The fraction of sp³-hybridized carbons (Fsp3) is 0.316. The van der Waals surface area contributed by atoms with Crippen LogP contribution in [0.15, 0.2) is 24.3 Å². The number of methoxy groups -OCH3 is 3. The molecule has 1 unspecified atom stereocenters. The molecule has 0 radical (unpaired) electrons. The third kappa shape index (κ3) is 2.12. The van der Waals surface area contributed by atoms with Crippen LogP contribution in [0.25, 0.3) is 0 Å². The van der Waals surface area contributed by atoms with Gasteiger partial charge in [-0.1, -0.05) is 11.6 Å². The Bertz CT molecular complexity index is 915. The van der Waals surface area contributed by atoms with E-state index in [4.69, 9.17) is 25.8 Å². The van der Waals surface area contributed by atoms with Crippen LogP contribution in [0.1, 0.15) is 16.7 Å². The Hall–Kier alpha value is -2.44. The van der Waals surface area contributed by atoms with Gasteiger partial charge in [0.15, 0.2) is 17.0 Å². The Labute approximate surface area is 156 Å². The fourth-order valence-electron chi connectivity index (χ4n) is 3.99. The van der Waals surface area contributed by atoms with E-state index in [2.05, 4.69) is 10.6 Å². The number of rotatable bonds is 3. The first-order valence-corrected chi connectivity index (χ1v) is 8.63. The molecule has 0 saturated carbocycles. The Balaban J connectivity index is 2.08. The molecule has 26 heavy (non-hydrogen) atoms. The van der Waals surface area contributed by atoms with Gasteiger partial charge in [-0.2, -0.15) is 0 Å². The average molecular weight is 375 g/mol. The van der Waals surface area contributed by atoms with Crippen molar-refractivity contribution in [2.24, 2.45) is 0 Å². The largest absolute Gasteiger partial charge is 0.493 e. The summed E-state index contributed by atoms with van der Waals surface area (Å²) in [6.07, 6.45) is 0.733. The van der Waals surface area contributed by atoms with Crippen molar-refractivity contribution in [1.29, 1.82) is 0 Å². The first-order valence-electron chi connectivity index (χ1n) is 8.25. The predicted molar refractivity (Wildman–Crippen MR) is 98.7 cm³/mol. The second kappa shape index (κ2) is 6.07. The van der Waals surface area contributed by atoms with E-state index >= 15 is 0 Å². The third-order valence-corrected chi connectivity index (χ3v) is 5.28. The van der Waals surface area contributed by atoms with Crippen molar-refractivity contribution in [3.63, 3.8) is 0 Å². The van der Waals surface area contributed by atoms with Crippen molar-refractivity contribution >= 4 is 23.2 Å². The van der Waals surface area contributed by atoms with Crippen LogP contribution in [0, 0.1) is 0 Å². The number of carbonyl (C=O) groups is 1. The second-order valence-corrected chi connectivity index (χ2v) is 6.69. The quantitative estimate of drug-likeness (QED) is 0.864. The normalized spacial score (nSPS) is 20.4. The molecule has 0 fully saturated rings. The lowest BCUT2D eigenvalue weighted by Crippen LogP contribution is -2.53. The lowest BCUT2D eigenvalue weighted by atomic mass is 9.77. The molecule has 136 valence electrons. The maximum atomic E-state index is 13.2. The maximum absolute atomic E-state index is 13.2. The van der Waals surface area contributed by atoms with E-state index in [-0.39, 0.29) is 5.91 Å². The molecule has 1 spiro atoms. The fourth-order valence-corrected chi connectivity index (χ4v) is 4.16. The van der Waals surface area contributed by atoms with E-state index in [1.165, 1.54) is 0 Å². The molecule has 2 N–H and O–H groups in total. The van der Waals surface area contributed by atoms with Crippen LogP contribution < -0.4 is 24.8 Å². The summed E-state index contributed by atoms with van der Waals surface area (Å²) in [5.74, 6) is 1.35. The van der Waals surface area contributed by atoms with Crippen molar-refractivity contribution < 1.29 is 19.0 Å². The topological polar surface area (TPSA) is 68.8 Å². The molecule has 2 aliphatic rings. The highest BCUT2D eigenvalue weighted by Crippen LogP contribution is 2.53. The Kier molecular flexibility index (Phi) is 3.97. The summed E-state index contributed by atoms with van der Waals surface area (Å²) in [6.45, 7) is 0.630. The number of halogens is 1. The monoisotopic (exact) mass is 374 g/mol. The SMILES string of the molecule is COc1cc2c(c(OC)c1OC)C1(NCC2)C(=O)Nc2ccc(Cl)cc21. The molecule has 7 heteroatoms. The molecule has 1 atom stereocenters. The second-order valence-electron chi connectivity index (χ2n) is 6.25. The molecular formula is C19H19ClN2O4. The molecular weight excluding hydrogens is 356 g/mol. The van der Waals surface area contributed by atoms with Gasteiger partial charge in [0, 0.05) is 28.4 Å². The van der Waals surface area contributed by atoms with Gasteiger partial charge < -0.3 is 19.5 Å². The smallest absolute Gasteiger partial charge is 0.254 e. The summed E-state index contributed by atoms with van der Waals surface area (Å²) >= 11 is 6.24. The van der Waals surface area contributed by atoms with E-state index in [9.17, 15) is 4.79 Å². The minimum absolute atomic E-state index is 0.166. The van der Waals surface area contributed by atoms with E-state index in [0.717, 1.165) is 28.8 Å². The van der Waals surface area contributed by atoms with E-state index in [1.54, 1.807) is 27.4 Å². The van der Waals surface area contributed by atoms with Gasteiger partial charge in [-0.05, 0) is 36.2 Å². The van der Waals surface area contributed by atoms with Crippen LogP contribution in [0.5, 0.6) is 17.2 Å². The summed E-state index contributed by atoms with van der Waals surface area (Å²) in [4.78, 5) is 13.2. The van der Waals surface area contributed by atoms with Crippen molar-refractivity contribution in [2.45, 2.75) is 12.0 Å². The van der Waals surface area contributed by atoms with E-state index in [0.29, 0.717) is 28.8 Å². The summed E-state index contributed by atoms with van der Waals surface area (Å²) in [5, 5.41) is 6.92. The molecule has 2 heterocycles. The highest BCUT2D eigenvalue weighted by molar-refractivity contribution is 6.31. The number of ether oxygens (including phenoxy) is 3. The van der Waals surface area contributed by atoms with Crippen LogP contribution in [0.3, 0.4) is 0 Å². The van der Waals surface area contributed by atoms with Gasteiger partial charge in [0.1, 0.15) is 0 Å². The van der Waals surface area contributed by atoms with E-state index in [1.807, 2.05) is 18.2 Å². The first-order chi connectivity index (χ1) is 12.6. The van der Waals surface area contributed by atoms with Gasteiger partial charge in [-0.15, -0.1) is 0 Å². The molecule has 0 aromatic heterocycles. The standard InChI is InChI=1S/C19H19ClN2O4/c1-24-14-8-10-6-7-21-19(15(10)17(26-3)16(14)25-2)12-9-11(20)4-5-13(12)22-18(19)23/h4-5,8-9,21H,6-7H2,1-3H3,(H,22,23). The number of hydrogen-bond donors (Lipinski definition) is 2. The van der Waals surface area contributed by atoms with Crippen LogP contribution >= 0.6 is 11.6 Å². The van der Waals surface area contributed by atoms with Gasteiger partial charge in [0.25, 0.3) is 5.91 Å². The first kappa shape index (κ1) is 17.0. The molecule has 6 nitrogen and oxygen atoms in total. The van der Waals surface area contributed by atoms with Crippen LogP contribution in [-0.4, -0.2) is 33.8 Å². The van der Waals surface area contributed by atoms with Gasteiger partial charge in [-0.3, -0.25) is 10.1 Å². The van der Waals surface area contributed by atoms with E-state index < -0.39 is 5.54 Å². The molecule has 1 amide bonds. The zero-order chi connectivity index (χ0) is 18.5. The molecule has 0 aliphatic carbocycles. The van der Waals surface area contributed by atoms with Crippen molar-refractivity contribution in [3.8, 4) is 17.2 Å². The van der Waals surface area contributed by atoms with Crippen molar-refractivity contribution in [1.82, 2.24) is 5.32 Å². The summed E-state index contributed by atoms with van der Waals surface area (Å²) < 4.78 is 16.7. The minimum atomic E-state index is -1.08. The predicted octanol–water partition coefficient (Wildman–Crippen LogP) is 2.71. The summed E-state index contributed by atoms with van der Waals surface area (Å²) in [7, 11) is 4.69. The molecule has 4 rings (SSSR count). The summed E-state index contributed by atoms with van der Waals surface area (Å²) in [5.41, 5.74) is 2.14. The molecule has 2 aromatic carbocycles. The minimum Gasteiger partial charge on any atom is -0.493 e. The summed E-state index contributed by atoms with van der Waals surface area (Å²) in [6, 6.07) is 7.30. The van der Waals surface area contributed by atoms with Crippen molar-refractivity contribution in [2.75, 3.05) is 33.2 Å². The number of nitrogens with one attached hydrogen (secondary N) is 2. The van der Waals surface area contributed by atoms with Gasteiger partial charge >= 0.3 is 0 Å². The highest BCUT2D eigenvalue weighted by Gasteiger charge is 2.53. The van der Waals surface area contributed by atoms with Crippen molar-refractivity contribution in [3.05, 3.63) is 46.0 Å². The molecule has 0 bridgehead atoms. The van der Waals surface area contributed by atoms with Gasteiger partial charge in [0.2, 0.25) is 5.75 Å². The number of carbonyl (C=O) groups excluding carboxylic acids is 1. The van der Waals surface area contributed by atoms with Gasteiger partial charge in [-0.25, -0.2) is 0 Å². The van der Waals surface area contributed by atoms with Crippen LogP contribution in [-0.2, 0) is 16.8 Å². The Morgan fingerprint density at radius 2 is 1.85 bits per heavy atom. The number of hydrogen-bond acceptors (Lipinski definition) is 5. The van der Waals surface area contributed by atoms with Gasteiger partial charge in [0.05, 0.1) is 21.3 Å². The maximum Gasteiger partial charge on any atom is 0.254 e. The molecule has 0 saturated heterocycles. The zero-order valence-electron chi connectivity index (χ0n) is 14.7. The number of amides is 1. The number of benzene rings is 2.